The highest BCUT2D eigenvalue weighted by atomic mass is 28.2. The van der Waals surface area contributed by atoms with E-state index in [1.165, 1.54) is 12.0 Å². The number of hydrogen-bond acceptors (Lipinski definition) is 2. The Morgan fingerprint density at radius 1 is 1.25 bits per heavy atom. The van der Waals surface area contributed by atoms with Gasteiger partial charge in [-0.1, -0.05) is 30.3 Å². The van der Waals surface area contributed by atoms with Crippen LogP contribution in [0.25, 0.3) is 0 Å². The largest absolute Gasteiger partial charge is 0.423 e. The van der Waals surface area contributed by atoms with E-state index in [0.717, 1.165) is 30.0 Å². The Morgan fingerprint density at radius 3 is 2.56 bits per heavy atom. The second-order valence-corrected chi connectivity index (χ2v) is 5.14. The van der Waals surface area contributed by atoms with E-state index in [9.17, 15) is 0 Å². The summed E-state index contributed by atoms with van der Waals surface area (Å²) >= 11 is 0. The Labute approximate surface area is 102 Å². The zero-order valence-corrected chi connectivity index (χ0v) is 12.6. The lowest BCUT2D eigenvalue weighted by atomic mass is 10.0. The van der Waals surface area contributed by atoms with Crippen molar-refractivity contribution < 1.29 is 4.43 Å². The maximum Gasteiger partial charge on any atom is 0.146 e. The number of rotatable bonds is 7. The van der Waals surface area contributed by atoms with Crippen molar-refractivity contribution in [2.24, 2.45) is 0 Å². The standard InChI is InChI=1S/C13H23NOSi/c1-13(2,15-16)9-6-10-14-11-12-7-4-3-5-8-12/h3-5,7-8,14H,6,9-11H2,1-2,16H3. The van der Waals surface area contributed by atoms with Gasteiger partial charge in [0, 0.05) is 12.1 Å². The van der Waals surface area contributed by atoms with Crippen LogP contribution in [0.1, 0.15) is 32.3 Å². The van der Waals surface area contributed by atoms with E-state index in [1.807, 2.05) is 0 Å². The Bertz CT molecular complexity index is 287. The normalized spacial score (nSPS) is 11.9. The third kappa shape index (κ3) is 5.44. The summed E-state index contributed by atoms with van der Waals surface area (Å²) in [6.45, 7) is 6.35. The molecule has 0 saturated heterocycles. The minimum atomic E-state index is 0.0701. The molecule has 0 unspecified atom stereocenters. The fraction of sp³-hybridized carbons (Fsp3) is 0.538. The molecule has 0 aromatic heterocycles. The summed E-state index contributed by atoms with van der Waals surface area (Å²) in [6, 6.07) is 10.5. The molecule has 90 valence electrons. The number of benzene rings is 1. The molecule has 0 aliphatic carbocycles. The van der Waals surface area contributed by atoms with Crippen molar-refractivity contribution in [3.8, 4) is 0 Å². The molecule has 0 atom stereocenters. The molecule has 0 amide bonds. The first-order chi connectivity index (χ1) is 7.64. The van der Waals surface area contributed by atoms with E-state index in [4.69, 9.17) is 4.43 Å². The molecule has 1 aromatic carbocycles. The maximum atomic E-state index is 5.51. The third-order valence-electron chi connectivity index (χ3n) is 2.86. The van der Waals surface area contributed by atoms with Crippen molar-refractivity contribution in [1.29, 1.82) is 0 Å². The second kappa shape index (κ2) is 6.84. The van der Waals surface area contributed by atoms with E-state index >= 15 is 0 Å². The van der Waals surface area contributed by atoms with Crippen LogP contribution in [0.5, 0.6) is 0 Å². The van der Waals surface area contributed by atoms with Gasteiger partial charge in [-0.05, 0) is 38.8 Å². The predicted molar refractivity (Wildman–Crippen MR) is 72.5 cm³/mol. The SMILES string of the molecule is CC(C)(CCCNCc1ccccc1)O[SiH3]. The molecule has 1 rings (SSSR count). The van der Waals surface area contributed by atoms with Gasteiger partial charge in [0.05, 0.1) is 0 Å². The first kappa shape index (κ1) is 13.4. The van der Waals surface area contributed by atoms with E-state index < -0.39 is 0 Å². The highest BCUT2D eigenvalue weighted by molar-refractivity contribution is 5.98. The first-order valence-corrected chi connectivity index (χ1v) is 6.75. The molecule has 0 aliphatic rings. The lowest BCUT2D eigenvalue weighted by molar-refractivity contribution is 0.110. The molecule has 1 N–H and O–H groups in total. The molecule has 0 radical (unpaired) electrons. The van der Waals surface area contributed by atoms with Crippen LogP contribution in [0.4, 0.5) is 0 Å². The average Bonchev–Trinajstić information content (AvgIpc) is 2.30. The van der Waals surface area contributed by atoms with Gasteiger partial charge < -0.3 is 9.74 Å². The summed E-state index contributed by atoms with van der Waals surface area (Å²) < 4.78 is 5.51. The molecule has 2 nitrogen and oxygen atoms in total. The van der Waals surface area contributed by atoms with E-state index in [2.05, 4.69) is 49.5 Å². The van der Waals surface area contributed by atoms with Gasteiger partial charge in [-0.15, -0.1) is 0 Å². The molecular formula is C13H23NOSi. The molecule has 3 heteroatoms. The topological polar surface area (TPSA) is 21.3 Å². The summed E-state index contributed by atoms with van der Waals surface area (Å²) in [5, 5.41) is 3.45. The second-order valence-electron chi connectivity index (χ2n) is 4.73. The van der Waals surface area contributed by atoms with Crippen LogP contribution in [0.3, 0.4) is 0 Å². The molecule has 0 heterocycles. The molecule has 0 saturated carbocycles. The summed E-state index contributed by atoms with van der Waals surface area (Å²) in [6.07, 6.45) is 2.29. The summed E-state index contributed by atoms with van der Waals surface area (Å²) in [7, 11) is 0.826. The highest BCUT2D eigenvalue weighted by Gasteiger charge is 2.13. The van der Waals surface area contributed by atoms with Crippen LogP contribution < -0.4 is 5.32 Å². The van der Waals surface area contributed by atoms with Crippen LogP contribution in [0.2, 0.25) is 0 Å². The Balaban J connectivity index is 2.09. The summed E-state index contributed by atoms with van der Waals surface area (Å²) in [5.41, 5.74) is 1.42. The van der Waals surface area contributed by atoms with Crippen LogP contribution in [0, 0.1) is 0 Å². The Morgan fingerprint density at radius 2 is 1.94 bits per heavy atom. The van der Waals surface area contributed by atoms with Crippen molar-refractivity contribution in [1.82, 2.24) is 5.32 Å². The van der Waals surface area contributed by atoms with Crippen LogP contribution in [-0.4, -0.2) is 22.6 Å². The summed E-state index contributed by atoms with van der Waals surface area (Å²) in [4.78, 5) is 0. The van der Waals surface area contributed by atoms with Crippen molar-refractivity contribution in [2.45, 2.75) is 38.8 Å². The minimum absolute atomic E-state index is 0.0701. The van der Waals surface area contributed by atoms with Crippen LogP contribution >= 0.6 is 0 Å². The molecule has 0 spiro atoms. The third-order valence-corrected chi connectivity index (χ3v) is 3.96. The van der Waals surface area contributed by atoms with E-state index in [-0.39, 0.29) is 5.60 Å². The van der Waals surface area contributed by atoms with Gasteiger partial charge in [0.15, 0.2) is 0 Å². The van der Waals surface area contributed by atoms with Gasteiger partial charge in [0.1, 0.15) is 10.5 Å². The molecule has 0 aliphatic heterocycles. The molecular weight excluding hydrogens is 214 g/mol. The molecule has 16 heavy (non-hydrogen) atoms. The number of hydrogen-bond donors (Lipinski definition) is 1. The zero-order valence-electron chi connectivity index (χ0n) is 10.6. The van der Waals surface area contributed by atoms with Gasteiger partial charge in [0.2, 0.25) is 0 Å². The number of nitrogens with one attached hydrogen (secondary N) is 1. The van der Waals surface area contributed by atoms with Crippen molar-refractivity contribution in [3.05, 3.63) is 35.9 Å². The Kier molecular flexibility index (Phi) is 5.73. The predicted octanol–water partition coefficient (Wildman–Crippen LogP) is 1.63. The molecule has 1 aromatic rings. The lowest BCUT2D eigenvalue weighted by Crippen LogP contribution is -2.25. The fourth-order valence-corrected chi connectivity index (χ4v) is 1.77. The van der Waals surface area contributed by atoms with Crippen LogP contribution in [0.15, 0.2) is 30.3 Å². The zero-order chi connectivity index (χ0) is 11.9. The van der Waals surface area contributed by atoms with E-state index in [0.29, 0.717) is 0 Å². The van der Waals surface area contributed by atoms with Crippen LogP contribution in [-0.2, 0) is 11.0 Å². The minimum Gasteiger partial charge on any atom is -0.423 e. The fourth-order valence-electron chi connectivity index (χ4n) is 1.57. The van der Waals surface area contributed by atoms with Gasteiger partial charge >= 0.3 is 0 Å². The smallest absolute Gasteiger partial charge is 0.146 e. The van der Waals surface area contributed by atoms with Crippen molar-refractivity contribution in [3.63, 3.8) is 0 Å². The average molecular weight is 237 g/mol. The highest BCUT2D eigenvalue weighted by Crippen LogP contribution is 2.14. The maximum absolute atomic E-state index is 5.51. The van der Waals surface area contributed by atoms with Gasteiger partial charge in [-0.2, -0.15) is 0 Å². The molecule has 0 bridgehead atoms. The van der Waals surface area contributed by atoms with Gasteiger partial charge in [0.25, 0.3) is 0 Å². The van der Waals surface area contributed by atoms with Gasteiger partial charge in [-0.3, -0.25) is 0 Å². The van der Waals surface area contributed by atoms with Crippen molar-refractivity contribution in [2.75, 3.05) is 6.54 Å². The summed E-state index contributed by atoms with van der Waals surface area (Å²) in [5.74, 6) is 0. The molecule has 0 fully saturated rings. The quantitative estimate of drug-likeness (QED) is 0.575. The van der Waals surface area contributed by atoms with Gasteiger partial charge in [-0.25, -0.2) is 0 Å². The van der Waals surface area contributed by atoms with E-state index in [1.54, 1.807) is 0 Å². The first-order valence-electron chi connectivity index (χ1n) is 5.94. The lowest BCUT2D eigenvalue weighted by Gasteiger charge is -2.23. The monoisotopic (exact) mass is 237 g/mol. The van der Waals surface area contributed by atoms with Crippen molar-refractivity contribution >= 4 is 10.5 Å². The Hall–Kier alpha value is -0.643.